The van der Waals surface area contributed by atoms with Crippen molar-refractivity contribution < 1.29 is 34.0 Å². The summed E-state index contributed by atoms with van der Waals surface area (Å²) in [5, 5.41) is 21.8. The van der Waals surface area contributed by atoms with Gasteiger partial charge < -0.3 is 29.2 Å². The Hall–Kier alpha value is -0.730. The molecule has 4 rings (SSSR count). The number of methoxy groups -OCH3 is 1. The topological polar surface area (TPSA) is 94.5 Å². The molecule has 0 aromatic heterocycles. The fraction of sp³-hybridized carbons (Fsp3) is 0.957. The van der Waals surface area contributed by atoms with Crippen LogP contribution < -0.4 is 0 Å². The average molecular weight is 427 g/mol. The second-order valence-corrected chi connectivity index (χ2v) is 11.0. The molecule has 4 aliphatic rings. The van der Waals surface area contributed by atoms with E-state index in [9.17, 15) is 15.0 Å². The van der Waals surface area contributed by atoms with E-state index in [4.69, 9.17) is 18.9 Å². The fourth-order valence-electron chi connectivity index (χ4n) is 7.73. The van der Waals surface area contributed by atoms with Gasteiger partial charge in [0.25, 0.3) is 0 Å². The van der Waals surface area contributed by atoms with Gasteiger partial charge in [-0.2, -0.15) is 0 Å². The number of carbonyl (C=O) groups is 1. The van der Waals surface area contributed by atoms with Crippen LogP contribution in [0.4, 0.5) is 0 Å². The molecule has 1 spiro atoms. The first-order valence-electron chi connectivity index (χ1n) is 11.3. The van der Waals surface area contributed by atoms with E-state index in [0.29, 0.717) is 19.3 Å². The SMILES string of the molecule is CO[C@H]1O[C@@H]2O[C@]3(CC[C@@]2(O)[C@@H]1O)[C@H](C)C[C@@H](OC(C)=O)[C@@H]1C(C)(C)CCC[C@@]13C. The van der Waals surface area contributed by atoms with E-state index in [1.165, 1.54) is 14.0 Å². The summed E-state index contributed by atoms with van der Waals surface area (Å²) in [7, 11) is 1.46. The first-order valence-corrected chi connectivity index (χ1v) is 11.3. The second kappa shape index (κ2) is 7.14. The minimum absolute atomic E-state index is 0.0114. The third kappa shape index (κ3) is 2.92. The Morgan fingerprint density at radius 2 is 1.83 bits per heavy atom. The highest BCUT2D eigenvalue weighted by molar-refractivity contribution is 5.66. The third-order valence-corrected chi connectivity index (χ3v) is 8.97. The van der Waals surface area contributed by atoms with E-state index in [2.05, 4.69) is 27.7 Å². The van der Waals surface area contributed by atoms with Gasteiger partial charge in [-0.05, 0) is 43.4 Å². The van der Waals surface area contributed by atoms with Crippen LogP contribution in [0.3, 0.4) is 0 Å². The highest BCUT2D eigenvalue weighted by Crippen LogP contribution is 2.67. The fourth-order valence-corrected chi connectivity index (χ4v) is 7.73. The molecule has 0 aromatic carbocycles. The first-order chi connectivity index (χ1) is 13.9. The molecular formula is C23H38O7. The molecule has 7 nitrogen and oxygen atoms in total. The number of carbonyl (C=O) groups excluding carboxylic acids is 1. The zero-order valence-corrected chi connectivity index (χ0v) is 19.1. The summed E-state index contributed by atoms with van der Waals surface area (Å²) in [4.78, 5) is 11.9. The molecule has 7 heteroatoms. The predicted molar refractivity (Wildman–Crippen MR) is 108 cm³/mol. The number of esters is 1. The van der Waals surface area contributed by atoms with E-state index in [0.717, 1.165) is 19.3 Å². The summed E-state index contributed by atoms with van der Waals surface area (Å²) in [6.45, 7) is 10.5. The molecule has 2 saturated heterocycles. The Bertz CT molecular complexity index is 695. The molecule has 0 bridgehead atoms. The van der Waals surface area contributed by atoms with Crippen molar-refractivity contribution in [3.8, 4) is 0 Å². The Labute approximate surface area is 179 Å². The van der Waals surface area contributed by atoms with Gasteiger partial charge >= 0.3 is 5.97 Å². The van der Waals surface area contributed by atoms with Gasteiger partial charge in [-0.1, -0.05) is 34.1 Å². The standard InChI is InChI=1S/C23H38O7/c1-13-12-15(28-14(2)24)16-20(3,4)8-7-9-21(16,5)23(13)11-10-22(26)17(25)18(27-6)29-19(22)30-23/h13,15-19,25-26H,7-12H2,1-6H3/t13-,15-,16-,17-,18+,19-,21+,22-,23-/m1/s1. The number of aliphatic hydroxyl groups is 2. The van der Waals surface area contributed by atoms with E-state index in [1.54, 1.807) is 0 Å². The summed E-state index contributed by atoms with van der Waals surface area (Å²) in [5.41, 5.74) is -2.28. The lowest BCUT2D eigenvalue weighted by atomic mass is 9.42. The van der Waals surface area contributed by atoms with Crippen molar-refractivity contribution in [3.63, 3.8) is 0 Å². The van der Waals surface area contributed by atoms with Crippen LogP contribution in [-0.2, 0) is 23.7 Å². The lowest BCUT2D eigenvalue weighted by Gasteiger charge is -2.68. The molecule has 0 amide bonds. The predicted octanol–water partition coefficient (Wildman–Crippen LogP) is 2.76. The molecule has 2 saturated carbocycles. The van der Waals surface area contributed by atoms with Gasteiger partial charge in [0.1, 0.15) is 17.8 Å². The highest BCUT2D eigenvalue weighted by atomic mass is 16.8. The van der Waals surface area contributed by atoms with Crippen molar-refractivity contribution in [3.05, 3.63) is 0 Å². The molecule has 4 fully saturated rings. The Morgan fingerprint density at radius 3 is 2.47 bits per heavy atom. The van der Waals surface area contributed by atoms with E-state index in [1.807, 2.05) is 0 Å². The third-order valence-electron chi connectivity index (χ3n) is 8.97. The molecule has 0 radical (unpaired) electrons. The van der Waals surface area contributed by atoms with Gasteiger partial charge in [-0.15, -0.1) is 0 Å². The summed E-state index contributed by atoms with van der Waals surface area (Å²) < 4.78 is 23.7. The number of rotatable bonds is 2. The normalized spacial score (nSPS) is 52.5. The monoisotopic (exact) mass is 426 g/mol. The van der Waals surface area contributed by atoms with Gasteiger partial charge in [0, 0.05) is 25.4 Å². The van der Waals surface area contributed by atoms with Crippen molar-refractivity contribution in [2.45, 2.75) is 109 Å². The van der Waals surface area contributed by atoms with Gasteiger partial charge in [0.15, 0.2) is 12.6 Å². The molecule has 2 heterocycles. The number of hydrogen-bond acceptors (Lipinski definition) is 7. The van der Waals surface area contributed by atoms with Crippen LogP contribution in [0.25, 0.3) is 0 Å². The summed E-state index contributed by atoms with van der Waals surface area (Å²) in [5.74, 6) is -0.00512. The summed E-state index contributed by atoms with van der Waals surface area (Å²) >= 11 is 0. The molecule has 2 aliphatic carbocycles. The highest BCUT2D eigenvalue weighted by Gasteiger charge is 2.71. The van der Waals surface area contributed by atoms with Crippen LogP contribution in [0.15, 0.2) is 0 Å². The molecular weight excluding hydrogens is 388 g/mol. The van der Waals surface area contributed by atoms with Crippen LogP contribution in [0.2, 0.25) is 0 Å². The number of aliphatic hydroxyl groups excluding tert-OH is 1. The summed E-state index contributed by atoms with van der Waals surface area (Å²) in [6.07, 6.45) is 1.66. The molecule has 0 unspecified atom stereocenters. The number of ether oxygens (including phenoxy) is 4. The van der Waals surface area contributed by atoms with Crippen molar-refractivity contribution in [1.29, 1.82) is 0 Å². The lowest BCUT2D eigenvalue weighted by Crippen LogP contribution is -2.71. The Balaban J connectivity index is 1.74. The van der Waals surface area contributed by atoms with Gasteiger partial charge in [0.2, 0.25) is 0 Å². The van der Waals surface area contributed by atoms with Crippen molar-refractivity contribution in [2.24, 2.45) is 22.7 Å². The van der Waals surface area contributed by atoms with E-state index >= 15 is 0 Å². The van der Waals surface area contributed by atoms with Crippen LogP contribution >= 0.6 is 0 Å². The largest absolute Gasteiger partial charge is 0.462 e. The van der Waals surface area contributed by atoms with Crippen LogP contribution in [0.5, 0.6) is 0 Å². The minimum atomic E-state index is -1.48. The quantitative estimate of drug-likeness (QED) is 0.656. The molecule has 0 aromatic rings. The van der Waals surface area contributed by atoms with Crippen LogP contribution in [-0.4, -0.2) is 59.3 Å². The smallest absolute Gasteiger partial charge is 0.302 e. The molecule has 2 aliphatic heterocycles. The zero-order valence-electron chi connectivity index (χ0n) is 19.1. The molecule has 172 valence electrons. The van der Waals surface area contributed by atoms with Crippen molar-refractivity contribution in [1.82, 2.24) is 0 Å². The lowest BCUT2D eigenvalue weighted by molar-refractivity contribution is -0.362. The second-order valence-electron chi connectivity index (χ2n) is 11.0. The van der Waals surface area contributed by atoms with Crippen LogP contribution in [0, 0.1) is 22.7 Å². The molecule has 9 atom stereocenters. The van der Waals surface area contributed by atoms with Crippen molar-refractivity contribution in [2.75, 3.05) is 7.11 Å². The van der Waals surface area contributed by atoms with Crippen LogP contribution in [0.1, 0.15) is 73.1 Å². The Kier molecular flexibility index (Phi) is 5.34. The molecule has 2 N–H and O–H groups in total. The van der Waals surface area contributed by atoms with Gasteiger partial charge in [-0.3, -0.25) is 4.79 Å². The van der Waals surface area contributed by atoms with E-state index in [-0.39, 0.29) is 34.7 Å². The maximum absolute atomic E-state index is 11.9. The number of fused-ring (bicyclic) bond motifs is 3. The maximum Gasteiger partial charge on any atom is 0.302 e. The van der Waals surface area contributed by atoms with Gasteiger partial charge in [0.05, 0.1) is 5.60 Å². The van der Waals surface area contributed by atoms with E-state index < -0.39 is 29.9 Å². The maximum atomic E-state index is 11.9. The number of hydrogen-bond donors (Lipinski definition) is 2. The average Bonchev–Trinajstić information content (AvgIpc) is 2.89. The molecule has 30 heavy (non-hydrogen) atoms. The first kappa shape index (κ1) is 22.5. The minimum Gasteiger partial charge on any atom is -0.462 e. The Morgan fingerprint density at radius 1 is 1.13 bits per heavy atom. The van der Waals surface area contributed by atoms with Gasteiger partial charge in [-0.25, -0.2) is 0 Å². The zero-order chi connectivity index (χ0) is 22.1. The summed E-state index contributed by atoms with van der Waals surface area (Å²) in [6, 6.07) is 0. The van der Waals surface area contributed by atoms with Crippen molar-refractivity contribution >= 4 is 5.97 Å².